The molecule has 7 heteroatoms. The summed E-state index contributed by atoms with van der Waals surface area (Å²) in [5.74, 6) is -2.49. The highest BCUT2D eigenvalue weighted by atomic mass is 35.5. The van der Waals surface area contributed by atoms with Gasteiger partial charge >= 0.3 is 0 Å². The number of nitrogens with zero attached hydrogens (tertiary/aromatic N) is 1. The van der Waals surface area contributed by atoms with Crippen molar-refractivity contribution in [3.05, 3.63) is 34.5 Å². The second kappa shape index (κ2) is 4.18. The highest BCUT2D eigenvalue weighted by Crippen LogP contribution is 2.27. The van der Waals surface area contributed by atoms with E-state index in [0.29, 0.717) is 18.5 Å². The Morgan fingerprint density at radius 2 is 2.05 bits per heavy atom. The van der Waals surface area contributed by atoms with Crippen molar-refractivity contribution in [2.45, 2.75) is 6.04 Å². The fraction of sp³-hybridized carbons (Fsp3) is 0.250. The van der Waals surface area contributed by atoms with Crippen LogP contribution in [0.25, 0.3) is 10.9 Å². The second-order valence-corrected chi connectivity index (χ2v) is 5.01. The van der Waals surface area contributed by atoms with Gasteiger partial charge in [0.25, 0.3) is 5.91 Å². The van der Waals surface area contributed by atoms with Crippen LogP contribution in [0.15, 0.2) is 12.1 Å². The van der Waals surface area contributed by atoms with Gasteiger partial charge in [0.15, 0.2) is 11.6 Å². The Balaban J connectivity index is 2.02. The molecule has 1 amide bonds. The zero-order valence-electron chi connectivity index (χ0n) is 9.71. The van der Waals surface area contributed by atoms with E-state index in [0.717, 1.165) is 0 Å². The molecule has 1 aliphatic rings. The summed E-state index contributed by atoms with van der Waals surface area (Å²) in [5.41, 5.74) is 5.73. The van der Waals surface area contributed by atoms with Crippen LogP contribution >= 0.6 is 11.6 Å². The van der Waals surface area contributed by atoms with Crippen molar-refractivity contribution in [2.75, 3.05) is 13.1 Å². The Bertz CT molecular complexity index is 679. The second-order valence-electron chi connectivity index (χ2n) is 4.60. The van der Waals surface area contributed by atoms with E-state index in [4.69, 9.17) is 17.3 Å². The molecule has 100 valence electrons. The number of likely N-dealkylation sites (tertiary alicyclic amines) is 1. The highest BCUT2D eigenvalue weighted by Gasteiger charge is 2.29. The molecule has 1 aliphatic heterocycles. The third-order valence-corrected chi connectivity index (χ3v) is 3.45. The van der Waals surface area contributed by atoms with Gasteiger partial charge in [-0.05, 0) is 12.1 Å². The van der Waals surface area contributed by atoms with Gasteiger partial charge in [0.05, 0.1) is 10.5 Å². The van der Waals surface area contributed by atoms with Gasteiger partial charge in [0.1, 0.15) is 5.69 Å². The lowest BCUT2D eigenvalue weighted by atomic mass is 10.1. The normalized spacial score (nSPS) is 15.9. The number of amides is 1. The third-order valence-electron chi connectivity index (χ3n) is 3.18. The van der Waals surface area contributed by atoms with Crippen LogP contribution < -0.4 is 5.73 Å². The average Bonchev–Trinajstić information content (AvgIpc) is 2.75. The number of rotatable bonds is 1. The number of carbonyl (C=O) groups is 1. The summed E-state index contributed by atoms with van der Waals surface area (Å²) in [6.07, 6.45) is 0. The Morgan fingerprint density at radius 3 is 2.68 bits per heavy atom. The first-order valence-corrected chi connectivity index (χ1v) is 6.06. The molecule has 0 aliphatic carbocycles. The Labute approximate surface area is 112 Å². The van der Waals surface area contributed by atoms with Gasteiger partial charge in [-0.2, -0.15) is 0 Å². The van der Waals surface area contributed by atoms with E-state index in [-0.39, 0.29) is 28.2 Å². The molecule has 0 bridgehead atoms. The molecule has 3 rings (SSSR count). The van der Waals surface area contributed by atoms with Gasteiger partial charge in [0, 0.05) is 24.5 Å². The van der Waals surface area contributed by atoms with Crippen LogP contribution in [0.3, 0.4) is 0 Å². The van der Waals surface area contributed by atoms with Crippen molar-refractivity contribution in [3.8, 4) is 0 Å². The topological polar surface area (TPSA) is 62.1 Å². The summed E-state index contributed by atoms with van der Waals surface area (Å²) >= 11 is 5.56. The van der Waals surface area contributed by atoms with Gasteiger partial charge in [-0.25, -0.2) is 8.78 Å². The number of H-pyrrole nitrogens is 1. The number of hydrogen-bond donors (Lipinski definition) is 2. The van der Waals surface area contributed by atoms with Gasteiger partial charge in [-0.15, -0.1) is 0 Å². The molecule has 0 unspecified atom stereocenters. The predicted octanol–water partition coefficient (Wildman–Crippen LogP) is 1.88. The molecular formula is C12H10ClF2N3O. The van der Waals surface area contributed by atoms with E-state index in [1.54, 1.807) is 0 Å². The van der Waals surface area contributed by atoms with E-state index in [1.165, 1.54) is 17.0 Å². The molecule has 1 fully saturated rings. The monoisotopic (exact) mass is 285 g/mol. The Hall–Kier alpha value is -1.66. The minimum Gasteiger partial charge on any atom is -0.348 e. The van der Waals surface area contributed by atoms with Crippen LogP contribution in [-0.4, -0.2) is 34.9 Å². The zero-order valence-corrected chi connectivity index (χ0v) is 10.5. The van der Waals surface area contributed by atoms with Gasteiger partial charge in [-0.3, -0.25) is 4.79 Å². The quantitative estimate of drug-likeness (QED) is 0.786. The van der Waals surface area contributed by atoms with Crippen LogP contribution in [0.1, 0.15) is 10.5 Å². The minimum absolute atomic E-state index is 0.0167. The van der Waals surface area contributed by atoms with E-state index < -0.39 is 11.6 Å². The number of nitrogens with one attached hydrogen (secondary N) is 1. The number of nitrogens with two attached hydrogens (primary N) is 1. The van der Waals surface area contributed by atoms with Crippen molar-refractivity contribution in [1.29, 1.82) is 0 Å². The van der Waals surface area contributed by atoms with Crippen LogP contribution in [0.5, 0.6) is 0 Å². The molecule has 2 aromatic rings. The van der Waals surface area contributed by atoms with Gasteiger partial charge in [-0.1, -0.05) is 11.6 Å². The lowest BCUT2D eigenvalue weighted by Crippen LogP contribution is -2.57. The van der Waals surface area contributed by atoms with Crippen molar-refractivity contribution in [3.63, 3.8) is 0 Å². The predicted molar refractivity (Wildman–Crippen MR) is 67.1 cm³/mol. The fourth-order valence-corrected chi connectivity index (χ4v) is 2.35. The first kappa shape index (κ1) is 12.4. The van der Waals surface area contributed by atoms with Crippen molar-refractivity contribution < 1.29 is 13.6 Å². The molecule has 3 N–H and O–H groups in total. The maximum atomic E-state index is 13.7. The summed E-state index contributed by atoms with van der Waals surface area (Å²) in [6.45, 7) is 0.928. The summed E-state index contributed by atoms with van der Waals surface area (Å²) in [5, 5.41) is 0.0473. The zero-order chi connectivity index (χ0) is 13.7. The number of benzene rings is 1. The first-order valence-electron chi connectivity index (χ1n) is 5.68. The largest absolute Gasteiger partial charge is 0.348 e. The van der Waals surface area contributed by atoms with Gasteiger partial charge < -0.3 is 15.6 Å². The molecule has 1 aromatic carbocycles. The maximum Gasteiger partial charge on any atom is 0.270 e. The molecule has 19 heavy (non-hydrogen) atoms. The fourth-order valence-electron chi connectivity index (χ4n) is 2.14. The molecular weight excluding hydrogens is 276 g/mol. The molecule has 0 saturated carbocycles. The number of hydrogen-bond acceptors (Lipinski definition) is 2. The number of aromatic amines is 1. The van der Waals surface area contributed by atoms with Gasteiger partial charge in [0.2, 0.25) is 0 Å². The molecule has 0 spiro atoms. The molecule has 1 saturated heterocycles. The van der Waals surface area contributed by atoms with Crippen molar-refractivity contribution >= 4 is 28.4 Å². The SMILES string of the molecule is NC1CN(C(=O)c2cc3cc(Cl)c(F)c(F)c3[nH]2)C1. The van der Waals surface area contributed by atoms with Crippen LogP contribution in [0, 0.1) is 11.6 Å². The molecule has 1 aromatic heterocycles. The van der Waals surface area contributed by atoms with E-state index in [2.05, 4.69) is 4.98 Å². The van der Waals surface area contributed by atoms with Crippen LogP contribution in [0.2, 0.25) is 5.02 Å². The number of halogens is 3. The summed E-state index contributed by atoms with van der Waals surface area (Å²) in [7, 11) is 0. The smallest absolute Gasteiger partial charge is 0.270 e. The number of aromatic nitrogens is 1. The van der Waals surface area contributed by atoms with Crippen LogP contribution in [-0.2, 0) is 0 Å². The minimum atomic E-state index is -1.12. The molecule has 0 radical (unpaired) electrons. The number of carbonyl (C=O) groups excluding carboxylic acids is 1. The summed E-state index contributed by atoms with van der Waals surface area (Å²) in [6, 6.07) is 2.72. The van der Waals surface area contributed by atoms with E-state index in [1.807, 2.05) is 0 Å². The Morgan fingerprint density at radius 1 is 1.37 bits per heavy atom. The summed E-state index contributed by atoms with van der Waals surface area (Å²) < 4.78 is 27.0. The standard InChI is InChI=1S/C12H10ClF2N3O/c13-7-1-5-2-8(12(19)18-3-6(16)4-18)17-11(5)10(15)9(7)14/h1-2,6,17H,3-4,16H2. The van der Waals surface area contributed by atoms with Crippen molar-refractivity contribution in [2.24, 2.45) is 5.73 Å². The summed E-state index contributed by atoms with van der Waals surface area (Å²) in [4.78, 5) is 16.1. The highest BCUT2D eigenvalue weighted by molar-refractivity contribution is 6.31. The lowest BCUT2D eigenvalue weighted by Gasteiger charge is -2.36. The Kier molecular flexibility index (Phi) is 2.72. The molecule has 2 heterocycles. The maximum absolute atomic E-state index is 13.7. The number of fused-ring (bicyclic) bond motifs is 1. The van der Waals surface area contributed by atoms with Crippen LogP contribution in [0.4, 0.5) is 8.78 Å². The third kappa shape index (κ3) is 1.87. The first-order chi connectivity index (χ1) is 8.97. The van der Waals surface area contributed by atoms with Crippen molar-refractivity contribution in [1.82, 2.24) is 9.88 Å². The molecule has 4 nitrogen and oxygen atoms in total. The molecule has 0 atom stereocenters. The van der Waals surface area contributed by atoms with E-state index in [9.17, 15) is 13.6 Å². The average molecular weight is 286 g/mol. The lowest BCUT2D eigenvalue weighted by molar-refractivity contribution is 0.0603. The van der Waals surface area contributed by atoms with E-state index >= 15 is 0 Å².